The average molecular weight is 461 g/mol. The van der Waals surface area contributed by atoms with Crippen LogP contribution in [0.3, 0.4) is 0 Å². The van der Waals surface area contributed by atoms with E-state index in [0.29, 0.717) is 28.0 Å². The number of hydrogen-bond acceptors (Lipinski definition) is 8. The molecule has 0 N–H and O–H groups in total. The van der Waals surface area contributed by atoms with Crippen molar-refractivity contribution in [3.8, 4) is 0 Å². The average Bonchev–Trinajstić information content (AvgIpc) is 3.41. The van der Waals surface area contributed by atoms with Crippen molar-refractivity contribution < 1.29 is 19.1 Å². The van der Waals surface area contributed by atoms with E-state index < -0.39 is 11.9 Å². The third-order valence-corrected chi connectivity index (χ3v) is 4.47. The molecule has 0 fully saturated rings. The van der Waals surface area contributed by atoms with Gasteiger partial charge in [0.25, 0.3) is 0 Å². The summed E-state index contributed by atoms with van der Waals surface area (Å²) in [5.41, 5.74) is 3.57. The Morgan fingerprint density at radius 2 is 1.45 bits per heavy atom. The standard InChI is InChI=1S/C9H8BrN3O2.C9H9N3O2/c1-15-9(14)7-4-6(5-10)13-8(12-7)2-3-11-13;1-6-5-7(9(13)14-2)11-8-3-4-10-12(6)8/h2-4H,5H2,1H3;3-5H,1-2H3. The summed E-state index contributed by atoms with van der Waals surface area (Å²) in [5, 5.41) is 8.73. The summed E-state index contributed by atoms with van der Waals surface area (Å²) in [7, 11) is 2.67. The van der Waals surface area contributed by atoms with Crippen LogP contribution in [0.2, 0.25) is 0 Å². The van der Waals surface area contributed by atoms with Gasteiger partial charge in [0, 0.05) is 23.2 Å². The zero-order valence-corrected chi connectivity index (χ0v) is 17.5. The van der Waals surface area contributed by atoms with Gasteiger partial charge < -0.3 is 9.47 Å². The maximum Gasteiger partial charge on any atom is 0.356 e. The van der Waals surface area contributed by atoms with Crippen LogP contribution in [0.4, 0.5) is 0 Å². The van der Waals surface area contributed by atoms with Crippen molar-refractivity contribution >= 4 is 39.2 Å². The van der Waals surface area contributed by atoms with E-state index in [2.05, 4.69) is 45.6 Å². The molecule has 4 rings (SSSR count). The Morgan fingerprint density at radius 3 is 2.00 bits per heavy atom. The largest absolute Gasteiger partial charge is 0.464 e. The van der Waals surface area contributed by atoms with E-state index in [9.17, 15) is 9.59 Å². The highest BCUT2D eigenvalue weighted by Crippen LogP contribution is 2.11. The van der Waals surface area contributed by atoms with E-state index in [-0.39, 0.29) is 0 Å². The van der Waals surface area contributed by atoms with Gasteiger partial charge in [-0.05, 0) is 19.1 Å². The van der Waals surface area contributed by atoms with Crippen LogP contribution in [-0.2, 0) is 14.8 Å². The van der Waals surface area contributed by atoms with Gasteiger partial charge in [-0.3, -0.25) is 0 Å². The molecule has 10 nitrogen and oxygen atoms in total. The number of methoxy groups -OCH3 is 2. The van der Waals surface area contributed by atoms with E-state index >= 15 is 0 Å². The molecule has 0 bridgehead atoms. The molecule has 4 heterocycles. The second kappa shape index (κ2) is 8.78. The first kappa shape index (κ1) is 20.4. The molecule has 0 radical (unpaired) electrons. The number of carbonyl (C=O) groups is 2. The fourth-order valence-corrected chi connectivity index (χ4v) is 2.96. The van der Waals surface area contributed by atoms with Crippen molar-refractivity contribution in [3.63, 3.8) is 0 Å². The fourth-order valence-electron chi connectivity index (χ4n) is 2.56. The zero-order valence-electron chi connectivity index (χ0n) is 15.9. The SMILES string of the molecule is COC(=O)c1cc(C)n2nccc2n1.COC(=O)c1cc(CBr)n2nccc2n1. The maximum atomic E-state index is 11.3. The molecule has 0 atom stereocenters. The maximum absolute atomic E-state index is 11.3. The molecule has 0 aliphatic rings. The molecule has 0 aromatic carbocycles. The summed E-state index contributed by atoms with van der Waals surface area (Å²) < 4.78 is 12.5. The van der Waals surface area contributed by atoms with Gasteiger partial charge >= 0.3 is 11.9 Å². The third kappa shape index (κ3) is 4.24. The first-order chi connectivity index (χ1) is 14.0. The third-order valence-electron chi connectivity index (χ3n) is 3.90. The van der Waals surface area contributed by atoms with Crippen molar-refractivity contribution in [3.05, 3.63) is 59.4 Å². The lowest BCUT2D eigenvalue weighted by atomic mass is 10.3. The number of aryl methyl sites for hydroxylation is 1. The van der Waals surface area contributed by atoms with Crippen molar-refractivity contribution in [1.29, 1.82) is 0 Å². The Hall–Kier alpha value is -3.34. The molecular formula is C18H17BrN6O4. The van der Waals surface area contributed by atoms with Crippen LogP contribution in [0.15, 0.2) is 36.7 Å². The topological polar surface area (TPSA) is 113 Å². The van der Waals surface area contributed by atoms with E-state index in [4.69, 9.17) is 0 Å². The van der Waals surface area contributed by atoms with E-state index in [1.165, 1.54) is 14.2 Å². The van der Waals surface area contributed by atoms with Gasteiger partial charge in [-0.25, -0.2) is 28.6 Å². The first-order valence-electron chi connectivity index (χ1n) is 8.36. The number of carbonyl (C=O) groups excluding carboxylic acids is 2. The van der Waals surface area contributed by atoms with Crippen molar-refractivity contribution in [1.82, 2.24) is 29.2 Å². The Morgan fingerprint density at radius 1 is 0.931 bits per heavy atom. The van der Waals surface area contributed by atoms with Gasteiger partial charge in [-0.1, -0.05) is 15.9 Å². The Kier molecular flexibility index (Phi) is 6.17. The molecule has 0 aliphatic carbocycles. The Bertz CT molecular complexity index is 1190. The number of ether oxygens (including phenoxy) is 2. The minimum Gasteiger partial charge on any atom is -0.464 e. The molecule has 0 spiro atoms. The number of alkyl halides is 1. The monoisotopic (exact) mass is 460 g/mol. The summed E-state index contributed by atoms with van der Waals surface area (Å²) in [6.45, 7) is 1.86. The zero-order chi connectivity index (χ0) is 21.0. The molecule has 0 unspecified atom stereocenters. The molecule has 150 valence electrons. The van der Waals surface area contributed by atoms with E-state index in [1.807, 2.05) is 6.92 Å². The first-order valence-corrected chi connectivity index (χ1v) is 9.48. The minimum atomic E-state index is -0.444. The second-order valence-corrected chi connectivity index (χ2v) is 6.30. The van der Waals surface area contributed by atoms with Gasteiger partial charge in [-0.15, -0.1) is 0 Å². The van der Waals surface area contributed by atoms with Crippen LogP contribution < -0.4 is 0 Å². The van der Waals surface area contributed by atoms with Crippen molar-refractivity contribution in [2.75, 3.05) is 14.2 Å². The molecule has 4 aromatic rings. The van der Waals surface area contributed by atoms with Gasteiger partial charge in [0.05, 0.1) is 32.3 Å². The number of esters is 2. The summed E-state index contributed by atoms with van der Waals surface area (Å²) in [4.78, 5) is 30.7. The number of fused-ring (bicyclic) bond motifs is 2. The highest BCUT2D eigenvalue weighted by molar-refractivity contribution is 9.08. The fraction of sp³-hybridized carbons (Fsp3) is 0.222. The lowest BCUT2D eigenvalue weighted by molar-refractivity contribution is 0.0585. The summed E-state index contributed by atoms with van der Waals surface area (Å²) in [6, 6.07) is 6.77. The van der Waals surface area contributed by atoms with Crippen molar-refractivity contribution in [2.45, 2.75) is 12.3 Å². The molecule has 29 heavy (non-hydrogen) atoms. The molecule has 0 amide bonds. The molecule has 11 heteroatoms. The molecule has 0 aliphatic heterocycles. The van der Waals surface area contributed by atoms with E-state index in [0.717, 1.165) is 11.4 Å². The summed E-state index contributed by atoms with van der Waals surface area (Å²) in [6.07, 6.45) is 3.27. The number of halogens is 1. The highest BCUT2D eigenvalue weighted by atomic mass is 79.9. The van der Waals surface area contributed by atoms with Crippen LogP contribution >= 0.6 is 15.9 Å². The summed E-state index contributed by atoms with van der Waals surface area (Å²) >= 11 is 3.33. The van der Waals surface area contributed by atoms with Crippen LogP contribution in [0, 0.1) is 6.92 Å². The normalized spacial score (nSPS) is 10.5. The van der Waals surface area contributed by atoms with Gasteiger partial charge in [-0.2, -0.15) is 10.2 Å². The Balaban J connectivity index is 0.000000166. The van der Waals surface area contributed by atoms with Gasteiger partial charge in [0.15, 0.2) is 22.7 Å². The number of rotatable bonds is 3. The van der Waals surface area contributed by atoms with Crippen LogP contribution in [-0.4, -0.2) is 55.4 Å². The smallest absolute Gasteiger partial charge is 0.356 e. The van der Waals surface area contributed by atoms with Crippen molar-refractivity contribution in [2.24, 2.45) is 0 Å². The van der Waals surface area contributed by atoms with Crippen LogP contribution in [0.5, 0.6) is 0 Å². The molecule has 4 aromatic heterocycles. The highest BCUT2D eigenvalue weighted by Gasteiger charge is 2.12. The summed E-state index contributed by atoms with van der Waals surface area (Å²) in [5.74, 6) is -0.877. The lowest BCUT2D eigenvalue weighted by Crippen LogP contribution is -2.08. The molecular weight excluding hydrogens is 444 g/mol. The minimum absolute atomic E-state index is 0.292. The second-order valence-electron chi connectivity index (χ2n) is 5.73. The van der Waals surface area contributed by atoms with Crippen LogP contribution in [0.25, 0.3) is 11.3 Å². The predicted octanol–water partition coefficient (Wildman–Crippen LogP) is 2.24. The van der Waals surface area contributed by atoms with Gasteiger partial charge in [0.2, 0.25) is 0 Å². The molecule has 0 saturated heterocycles. The van der Waals surface area contributed by atoms with Gasteiger partial charge in [0.1, 0.15) is 0 Å². The number of hydrogen-bond donors (Lipinski definition) is 0. The number of nitrogens with zero attached hydrogens (tertiary/aromatic N) is 6. The molecule has 0 saturated carbocycles. The lowest BCUT2D eigenvalue weighted by Gasteiger charge is -2.03. The predicted molar refractivity (Wildman–Crippen MR) is 106 cm³/mol. The van der Waals surface area contributed by atoms with E-state index in [1.54, 1.807) is 45.7 Å². The Labute approximate surface area is 173 Å². The quantitative estimate of drug-likeness (QED) is 0.337. The van der Waals surface area contributed by atoms with Crippen LogP contribution in [0.1, 0.15) is 32.4 Å². The number of aromatic nitrogens is 6.